The molecule has 0 saturated heterocycles. The Morgan fingerprint density at radius 2 is 1.95 bits per heavy atom. The van der Waals surface area contributed by atoms with Crippen LogP contribution in [-0.2, 0) is 4.79 Å². The molecule has 2 rings (SSSR count). The first kappa shape index (κ1) is 13.7. The molecular formula is C15H15BrN2O. The fraction of sp³-hybridized carbons (Fsp3) is 0.200. The van der Waals surface area contributed by atoms with E-state index in [1.54, 1.807) is 24.3 Å². The quantitative estimate of drug-likeness (QED) is 0.866. The molecule has 1 aromatic carbocycles. The minimum Gasteiger partial charge on any atom is -0.314 e. The van der Waals surface area contributed by atoms with Crippen LogP contribution in [0.4, 0.5) is 5.69 Å². The van der Waals surface area contributed by atoms with Gasteiger partial charge in [-0.3, -0.25) is 9.78 Å². The van der Waals surface area contributed by atoms with Crippen LogP contribution in [0.25, 0.3) is 0 Å². The van der Waals surface area contributed by atoms with Crippen LogP contribution in [0.5, 0.6) is 0 Å². The molecule has 1 atom stereocenters. The van der Waals surface area contributed by atoms with Crippen molar-refractivity contribution in [2.24, 2.45) is 0 Å². The third-order valence-corrected chi connectivity index (χ3v) is 3.72. The summed E-state index contributed by atoms with van der Waals surface area (Å²) in [4.78, 5) is 18.1. The second-order valence-electron chi connectivity index (χ2n) is 4.36. The molecule has 1 unspecified atom stereocenters. The zero-order chi connectivity index (χ0) is 13.8. The number of hydrogen-bond acceptors (Lipinski definition) is 2. The summed E-state index contributed by atoms with van der Waals surface area (Å²) in [5, 5.41) is 0. The lowest BCUT2D eigenvalue weighted by Gasteiger charge is -2.22. The number of benzene rings is 1. The van der Waals surface area contributed by atoms with Crippen molar-refractivity contribution >= 4 is 27.5 Å². The number of amides is 1. The van der Waals surface area contributed by atoms with Crippen molar-refractivity contribution < 1.29 is 4.79 Å². The molecule has 0 radical (unpaired) electrons. The minimum atomic E-state index is -0.175. The predicted octanol–water partition coefficient (Wildman–Crippen LogP) is 3.61. The van der Waals surface area contributed by atoms with Crippen LogP contribution in [0.3, 0.4) is 0 Å². The van der Waals surface area contributed by atoms with Crippen molar-refractivity contribution in [3.8, 4) is 0 Å². The van der Waals surface area contributed by atoms with E-state index in [-0.39, 0.29) is 11.8 Å². The van der Waals surface area contributed by atoms with Crippen molar-refractivity contribution in [3.05, 3.63) is 58.8 Å². The second kappa shape index (κ2) is 5.97. The third-order valence-electron chi connectivity index (χ3n) is 3.11. The molecule has 1 heterocycles. The SMILES string of the molecule is CC(C(=O)N(C)c1ccncc1Br)c1ccccc1. The Morgan fingerprint density at radius 3 is 2.58 bits per heavy atom. The van der Waals surface area contributed by atoms with Crippen LogP contribution < -0.4 is 4.90 Å². The van der Waals surface area contributed by atoms with Crippen LogP contribution in [-0.4, -0.2) is 17.9 Å². The van der Waals surface area contributed by atoms with Crippen molar-refractivity contribution in [1.82, 2.24) is 4.98 Å². The van der Waals surface area contributed by atoms with Gasteiger partial charge in [-0.15, -0.1) is 0 Å². The van der Waals surface area contributed by atoms with E-state index in [0.29, 0.717) is 0 Å². The van der Waals surface area contributed by atoms with Crippen LogP contribution in [0.2, 0.25) is 0 Å². The lowest BCUT2D eigenvalue weighted by Crippen LogP contribution is -2.30. The lowest BCUT2D eigenvalue weighted by atomic mass is 10.00. The Hall–Kier alpha value is -1.68. The fourth-order valence-electron chi connectivity index (χ4n) is 1.93. The Labute approximate surface area is 121 Å². The van der Waals surface area contributed by atoms with Gasteiger partial charge in [0.25, 0.3) is 0 Å². The highest BCUT2D eigenvalue weighted by atomic mass is 79.9. The van der Waals surface area contributed by atoms with Gasteiger partial charge in [0.15, 0.2) is 0 Å². The zero-order valence-electron chi connectivity index (χ0n) is 10.9. The first-order chi connectivity index (χ1) is 9.11. The largest absolute Gasteiger partial charge is 0.314 e. The number of pyridine rings is 1. The number of nitrogens with zero attached hydrogens (tertiary/aromatic N) is 2. The summed E-state index contributed by atoms with van der Waals surface area (Å²) < 4.78 is 0.811. The molecule has 0 bridgehead atoms. The van der Waals surface area contributed by atoms with Crippen LogP contribution in [0.1, 0.15) is 18.4 Å². The van der Waals surface area contributed by atoms with E-state index in [2.05, 4.69) is 20.9 Å². The van der Waals surface area contributed by atoms with Gasteiger partial charge in [-0.05, 0) is 34.5 Å². The summed E-state index contributed by atoms with van der Waals surface area (Å²) in [6, 6.07) is 11.6. The number of rotatable bonds is 3. The molecule has 98 valence electrons. The minimum absolute atomic E-state index is 0.0538. The molecule has 4 heteroatoms. The van der Waals surface area contributed by atoms with Crippen LogP contribution >= 0.6 is 15.9 Å². The van der Waals surface area contributed by atoms with Gasteiger partial charge in [-0.25, -0.2) is 0 Å². The van der Waals surface area contributed by atoms with E-state index < -0.39 is 0 Å². The molecule has 2 aromatic rings. The van der Waals surface area contributed by atoms with Gasteiger partial charge in [-0.1, -0.05) is 30.3 Å². The highest BCUT2D eigenvalue weighted by molar-refractivity contribution is 9.10. The van der Waals surface area contributed by atoms with Gasteiger partial charge in [0.1, 0.15) is 0 Å². The molecule has 0 fully saturated rings. The highest BCUT2D eigenvalue weighted by Crippen LogP contribution is 2.27. The van der Waals surface area contributed by atoms with Crippen LogP contribution in [0.15, 0.2) is 53.3 Å². The van der Waals surface area contributed by atoms with Gasteiger partial charge in [0.05, 0.1) is 16.1 Å². The summed E-state index contributed by atoms with van der Waals surface area (Å²) in [6.45, 7) is 1.92. The normalized spacial score (nSPS) is 11.9. The van der Waals surface area contributed by atoms with E-state index in [1.807, 2.05) is 43.3 Å². The molecule has 0 aliphatic carbocycles. The fourth-order valence-corrected chi connectivity index (χ4v) is 2.45. The molecule has 0 aliphatic rings. The van der Waals surface area contributed by atoms with Gasteiger partial charge >= 0.3 is 0 Å². The number of carbonyl (C=O) groups excluding carboxylic acids is 1. The molecule has 0 saturated carbocycles. The second-order valence-corrected chi connectivity index (χ2v) is 5.21. The van der Waals surface area contributed by atoms with E-state index in [9.17, 15) is 4.79 Å². The highest BCUT2D eigenvalue weighted by Gasteiger charge is 2.21. The number of carbonyl (C=O) groups is 1. The maximum Gasteiger partial charge on any atom is 0.234 e. The molecular weight excluding hydrogens is 304 g/mol. The van der Waals surface area contributed by atoms with Crippen molar-refractivity contribution in [1.29, 1.82) is 0 Å². The number of likely N-dealkylation sites (N-methyl/N-ethyl adjacent to an activating group) is 1. The summed E-state index contributed by atoms with van der Waals surface area (Å²) in [5.74, 6) is -0.121. The van der Waals surface area contributed by atoms with Crippen molar-refractivity contribution in [3.63, 3.8) is 0 Å². The predicted molar refractivity (Wildman–Crippen MR) is 80.2 cm³/mol. The summed E-state index contributed by atoms with van der Waals surface area (Å²) in [7, 11) is 1.78. The Kier molecular flexibility index (Phi) is 4.32. The number of aromatic nitrogens is 1. The topological polar surface area (TPSA) is 33.2 Å². The number of anilines is 1. The number of hydrogen-bond donors (Lipinski definition) is 0. The summed E-state index contributed by atoms with van der Waals surface area (Å²) in [5.41, 5.74) is 1.84. The lowest BCUT2D eigenvalue weighted by molar-refractivity contribution is -0.119. The van der Waals surface area contributed by atoms with E-state index in [0.717, 1.165) is 15.7 Å². The van der Waals surface area contributed by atoms with Crippen LogP contribution in [0, 0.1) is 0 Å². The first-order valence-electron chi connectivity index (χ1n) is 6.03. The van der Waals surface area contributed by atoms with Crippen molar-refractivity contribution in [2.75, 3.05) is 11.9 Å². The maximum absolute atomic E-state index is 12.5. The van der Waals surface area contributed by atoms with Gasteiger partial charge in [0, 0.05) is 19.4 Å². The monoisotopic (exact) mass is 318 g/mol. The maximum atomic E-state index is 12.5. The Bertz CT molecular complexity index is 571. The van der Waals surface area contributed by atoms with E-state index in [4.69, 9.17) is 0 Å². The van der Waals surface area contributed by atoms with E-state index >= 15 is 0 Å². The summed E-state index contributed by atoms with van der Waals surface area (Å²) >= 11 is 3.41. The smallest absolute Gasteiger partial charge is 0.234 e. The molecule has 1 aromatic heterocycles. The standard InChI is InChI=1S/C15H15BrN2O/c1-11(12-6-4-3-5-7-12)15(19)18(2)14-8-9-17-10-13(14)16/h3-11H,1-2H3. The molecule has 0 N–H and O–H groups in total. The molecule has 3 nitrogen and oxygen atoms in total. The molecule has 0 aliphatic heterocycles. The molecule has 19 heavy (non-hydrogen) atoms. The Morgan fingerprint density at radius 1 is 1.26 bits per heavy atom. The average molecular weight is 319 g/mol. The van der Waals surface area contributed by atoms with Gasteiger partial charge in [0.2, 0.25) is 5.91 Å². The zero-order valence-corrected chi connectivity index (χ0v) is 12.5. The average Bonchev–Trinajstić information content (AvgIpc) is 2.46. The Balaban J connectivity index is 2.23. The third kappa shape index (κ3) is 3.01. The molecule has 0 spiro atoms. The molecule has 1 amide bonds. The summed E-state index contributed by atoms with van der Waals surface area (Å²) in [6.07, 6.45) is 3.36. The first-order valence-corrected chi connectivity index (χ1v) is 6.82. The van der Waals surface area contributed by atoms with Gasteiger partial charge < -0.3 is 4.90 Å². The van der Waals surface area contributed by atoms with Crippen molar-refractivity contribution in [2.45, 2.75) is 12.8 Å². The van der Waals surface area contributed by atoms with Gasteiger partial charge in [-0.2, -0.15) is 0 Å². The van der Waals surface area contributed by atoms with E-state index in [1.165, 1.54) is 0 Å². The number of halogens is 1.